The maximum atomic E-state index is 12.5. The average Bonchev–Trinajstić information content (AvgIpc) is 3.13. The number of methoxy groups -OCH3 is 1. The predicted molar refractivity (Wildman–Crippen MR) is 73.0 cm³/mol. The zero-order chi connectivity index (χ0) is 15.0. The van der Waals surface area contributed by atoms with E-state index in [9.17, 15) is 9.59 Å². The van der Waals surface area contributed by atoms with Crippen LogP contribution in [0, 0.1) is 5.92 Å². The molecule has 0 spiro atoms. The summed E-state index contributed by atoms with van der Waals surface area (Å²) in [6.07, 6.45) is 0.600. The summed E-state index contributed by atoms with van der Waals surface area (Å²) in [6.45, 7) is 0.979. The number of amides is 1. The third-order valence-corrected chi connectivity index (χ3v) is 3.79. The van der Waals surface area contributed by atoms with Crippen LogP contribution in [-0.2, 0) is 9.53 Å². The summed E-state index contributed by atoms with van der Waals surface area (Å²) in [5.41, 5.74) is 6.61. The molecular formula is C14H16N2O5. The normalized spacial score (nSPS) is 19.7. The van der Waals surface area contributed by atoms with E-state index in [0.717, 1.165) is 0 Å². The standard InChI is InChI=1S/C14H16N2O5/c1-19-14(18)8-2-3-16(6-8)13(17)9-4-11-12(5-10(9)15)21-7-20-11/h4-5,8H,2-3,6-7,15H2,1H3. The molecule has 0 saturated carbocycles. The fourth-order valence-corrected chi connectivity index (χ4v) is 2.62. The van der Waals surface area contributed by atoms with Gasteiger partial charge in [-0.1, -0.05) is 0 Å². The summed E-state index contributed by atoms with van der Waals surface area (Å²) >= 11 is 0. The maximum absolute atomic E-state index is 12.5. The first-order valence-corrected chi connectivity index (χ1v) is 6.66. The highest BCUT2D eigenvalue weighted by atomic mass is 16.7. The first kappa shape index (κ1) is 13.5. The van der Waals surface area contributed by atoms with Gasteiger partial charge in [0.2, 0.25) is 6.79 Å². The first-order valence-electron chi connectivity index (χ1n) is 6.66. The lowest BCUT2D eigenvalue weighted by Crippen LogP contribution is -2.30. The van der Waals surface area contributed by atoms with Crippen LogP contribution < -0.4 is 15.2 Å². The van der Waals surface area contributed by atoms with Crippen molar-refractivity contribution in [2.45, 2.75) is 6.42 Å². The number of rotatable bonds is 2. The molecule has 1 atom stereocenters. The van der Waals surface area contributed by atoms with Crippen molar-refractivity contribution in [3.63, 3.8) is 0 Å². The Hall–Kier alpha value is -2.44. The van der Waals surface area contributed by atoms with Gasteiger partial charge in [0.1, 0.15) is 0 Å². The smallest absolute Gasteiger partial charge is 0.310 e. The monoisotopic (exact) mass is 292 g/mol. The number of nitrogen functional groups attached to an aromatic ring is 1. The van der Waals surface area contributed by atoms with E-state index in [1.165, 1.54) is 7.11 Å². The molecule has 2 aliphatic rings. The fraction of sp³-hybridized carbons (Fsp3) is 0.429. The van der Waals surface area contributed by atoms with Crippen molar-refractivity contribution in [2.24, 2.45) is 5.92 Å². The Kier molecular flexibility index (Phi) is 3.32. The van der Waals surface area contributed by atoms with Gasteiger partial charge in [-0.05, 0) is 12.5 Å². The SMILES string of the molecule is COC(=O)C1CCN(C(=O)c2cc3c(cc2N)OCO3)C1. The number of carbonyl (C=O) groups excluding carboxylic acids is 2. The number of carbonyl (C=O) groups is 2. The van der Waals surface area contributed by atoms with Crippen LogP contribution in [0.2, 0.25) is 0 Å². The van der Waals surface area contributed by atoms with E-state index in [1.54, 1.807) is 17.0 Å². The summed E-state index contributed by atoms with van der Waals surface area (Å²) in [7, 11) is 1.35. The Morgan fingerprint density at radius 2 is 2.05 bits per heavy atom. The number of hydrogen-bond donors (Lipinski definition) is 1. The van der Waals surface area contributed by atoms with Crippen LogP contribution in [0.3, 0.4) is 0 Å². The molecule has 112 valence electrons. The van der Waals surface area contributed by atoms with Crippen LogP contribution in [0.5, 0.6) is 11.5 Å². The molecule has 3 rings (SSSR count). The van der Waals surface area contributed by atoms with Crippen molar-refractivity contribution in [2.75, 3.05) is 32.7 Å². The van der Waals surface area contributed by atoms with Crippen molar-refractivity contribution in [1.82, 2.24) is 4.90 Å². The highest BCUT2D eigenvalue weighted by molar-refractivity contribution is 6.00. The summed E-state index contributed by atoms with van der Waals surface area (Å²) in [4.78, 5) is 25.6. The van der Waals surface area contributed by atoms with E-state index >= 15 is 0 Å². The van der Waals surface area contributed by atoms with Gasteiger partial charge in [0.05, 0.1) is 18.6 Å². The van der Waals surface area contributed by atoms with Gasteiger partial charge < -0.3 is 24.8 Å². The topological polar surface area (TPSA) is 91.1 Å². The third-order valence-electron chi connectivity index (χ3n) is 3.79. The van der Waals surface area contributed by atoms with Crippen LogP contribution >= 0.6 is 0 Å². The molecule has 2 N–H and O–H groups in total. The summed E-state index contributed by atoms with van der Waals surface area (Å²) in [5, 5.41) is 0. The van der Waals surface area contributed by atoms with Crippen LogP contribution in [0.15, 0.2) is 12.1 Å². The van der Waals surface area contributed by atoms with Crippen molar-refractivity contribution in [1.29, 1.82) is 0 Å². The molecule has 0 bridgehead atoms. The molecule has 7 heteroatoms. The second-order valence-corrected chi connectivity index (χ2v) is 5.05. The van der Waals surface area contributed by atoms with Crippen LogP contribution in [0.4, 0.5) is 5.69 Å². The zero-order valence-electron chi connectivity index (χ0n) is 11.6. The minimum absolute atomic E-state index is 0.126. The number of nitrogens with zero attached hydrogens (tertiary/aromatic N) is 1. The minimum atomic E-state index is -0.288. The van der Waals surface area contributed by atoms with Crippen LogP contribution in [0.1, 0.15) is 16.8 Å². The molecule has 21 heavy (non-hydrogen) atoms. The molecule has 1 aromatic carbocycles. The van der Waals surface area contributed by atoms with E-state index < -0.39 is 0 Å². The van der Waals surface area contributed by atoms with Gasteiger partial charge in [-0.25, -0.2) is 0 Å². The molecule has 1 aromatic rings. The van der Waals surface area contributed by atoms with Crippen LogP contribution in [0.25, 0.3) is 0 Å². The Morgan fingerprint density at radius 1 is 1.33 bits per heavy atom. The summed E-state index contributed by atoms with van der Waals surface area (Å²) in [6, 6.07) is 3.18. The van der Waals surface area contributed by atoms with Gasteiger partial charge in [-0.2, -0.15) is 0 Å². The van der Waals surface area contributed by atoms with E-state index in [1.807, 2.05) is 0 Å². The summed E-state index contributed by atoms with van der Waals surface area (Å²) < 4.78 is 15.2. The molecule has 0 radical (unpaired) electrons. The molecule has 1 amide bonds. The fourth-order valence-electron chi connectivity index (χ4n) is 2.62. The van der Waals surface area contributed by atoms with Crippen molar-refractivity contribution < 1.29 is 23.8 Å². The molecule has 1 saturated heterocycles. The average molecular weight is 292 g/mol. The number of likely N-dealkylation sites (tertiary alicyclic amines) is 1. The third kappa shape index (κ3) is 2.35. The van der Waals surface area contributed by atoms with Gasteiger partial charge in [0.25, 0.3) is 5.91 Å². The number of ether oxygens (including phenoxy) is 3. The van der Waals surface area contributed by atoms with E-state index in [0.29, 0.717) is 42.3 Å². The van der Waals surface area contributed by atoms with Gasteiger partial charge in [-0.3, -0.25) is 9.59 Å². The van der Waals surface area contributed by atoms with Crippen molar-refractivity contribution in [3.05, 3.63) is 17.7 Å². The number of fused-ring (bicyclic) bond motifs is 1. The highest BCUT2D eigenvalue weighted by Crippen LogP contribution is 2.36. The van der Waals surface area contributed by atoms with Gasteiger partial charge in [-0.15, -0.1) is 0 Å². The molecular weight excluding hydrogens is 276 g/mol. The Bertz CT molecular complexity index is 601. The van der Waals surface area contributed by atoms with Gasteiger partial charge >= 0.3 is 5.97 Å². The second-order valence-electron chi connectivity index (χ2n) is 5.05. The maximum Gasteiger partial charge on any atom is 0.310 e. The Balaban J connectivity index is 1.79. The van der Waals surface area contributed by atoms with Crippen LogP contribution in [-0.4, -0.2) is 43.8 Å². The molecule has 2 heterocycles. The quantitative estimate of drug-likeness (QED) is 0.635. The lowest BCUT2D eigenvalue weighted by molar-refractivity contribution is -0.144. The first-order chi connectivity index (χ1) is 10.1. The molecule has 2 aliphatic heterocycles. The highest BCUT2D eigenvalue weighted by Gasteiger charge is 2.33. The largest absolute Gasteiger partial charge is 0.469 e. The molecule has 1 unspecified atom stereocenters. The number of hydrogen-bond acceptors (Lipinski definition) is 6. The van der Waals surface area contributed by atoms with Gasteiger partial charge in [0, 0.05) is 24.8 Å². The van der Waals surface area contributed by atoms with E-state index in [4.69, 9.17) is 19.9 Å². The Labute approximate surface area is 121 Å². The predicted octanol–water partition coefficient (Wildman–Crippen LogP) is 0.633. The molecule has 0 aromatic heterocycles. The lowest BCUT2D eigenvalue weighted by Gasteiger charge is -2.17. The molecule has 1 fully saturated rings. The second kappa shape index (κ2) is 5.16. The lowest BCUT2D eigenvalue weighted by atomic mass is 10.1. The number of benzene rings is 1. The van der Waals surface area contributed by atoms with E-state index in [-0.39, 0.29) is 24.6 Å². The van der Waals surface area contributed by atoms with E-state index in [2.05, 4.69) is 0 Å². The van der Waals surface area contributed by atoms with Crippen molar-refractivity contribution >= 4 is 17.6 Å². The number of anilines is 1. The zero-order valence-corrected chi connectivity index (χ0v) is 11.6. The summed E-state index contributed by atoms with van der Waals surface area (Å²) in [5.74, 6) is 0.282. The Morgan fingerprint density at radius 3 is 2.76 bits per heavy atom. The number of nitrogens with two attached hydrogens (primary N) is 1. The number of esters is 1. The van der Waals surface area contributed by atoms with Gasteiger partial charge in [0.15, 0.2) is 11.5 Å². The van der Waals surface area contributed by atoms with Crippen molar-refractivity contribution in [3.8, 4) is 11.5 Å². The minimum Gasteiger partial charge on any atom is -0.469 e. The molecule has 7 nitrogen and oxygen atoms in total. The molecule has 0 aliphatic carbocycles.